The molecule has 0 fully saturated rings. The molecular formula is C18H23ClN6O2S. The highest BCUT2D eigenvalue weighted by atomic mass is 35.5. The fraction of sp³-hybridized carbons (Fsp3) is 0.389. The summed E-state index contributed by atoms with van der Waals surface area (Å²) in [7, 11) is -3.47. The highest BCUT2D eigenvalue weighted by molar-refractivity contribution is 7.92. The Balaban J connectivity index is 2.10. The molecule has 2 heterocycles. The highest BCUT2D eigenvalue weighted by Gasteiger charge is 2.37. The zero-order valence-electron chi connectivity index (χ0n) is 16.1. The Kier molecular flexibility index (Phi) is 5.24. The number of benzene rings is 1. The summed E-state index contributed by atoms with van der Waals surface area (Å²) in [6, 6.07) is 6.23. The summed E-state index contributed by atoms with van der Waals surface area (Å²) in [6.45, 7) is 6.15. The van der Waals surface area contributed by atoms with Crippen molar-refractivity contribution in [3.05, 3.63) is 46.7 Å². The molecule has 1 aliphatic rings. The van der Waals surface area contributed by atoms with E-state index in [-0.39, 0.29) is 17.4 Å². The number of nitrogens with zero attached hydrogens (tertiary/aromatic N) is 3. The van der Waals surface area contributed by atoms with Crippen LogP contribution in [0.4, 0.5) is 11.6 Å². The molecule has 0 saturated heterocycles. The first-order valence-corrected chi connectivity index (χ1v) is 10.9. The van der Waals surface area contributed by atoms with E-state index in [4.69, 9.17) is 22.3 Å². The molecule has 2 atom stereocenters. The van der Waals surface area contributed by atoms with Crippen molar-refractivity contribution in [3.63, 3.8) is 0 Å². The lowest BCUT2D eigenvalue weighted by atomic mass is 9.95. The van der Waals surface area contributed by atoms with Gasteiger partial charge in [-0.25, -0.2) is 18.4 Å². The fourth-order valence-electron chi connectivity index (χ4n) is 2.99. The molecule has 0 bridgehead atoms. The maximum atomic E-state index is 11.7. The van der Waals surface area contributed by atoms with Gasteiger partial charge in [0.15, 0.2) is 0 Å². The number of aromatic nitrogens is 2. The first-order valence-electron chi connectivity index (χ1n) is 8.65. The molecule has 0 aliphatic carbocycles. The average molecular weight is 423 g/mol. The minimum Gasteiger partial charge on any atom is -0.368 e. The van der Waals surface area contributed by atoms with Crippen LogP contribution < -0.4 is 15.8 Å². The van der Waals surface area contributed by atoms with E-state index in [0.29, 0.717) is 22.0 Å². The number of rotatable bonds is 4. The topological polar surface area (TPSA) is 122 Å². The molecule has 3 rings (SSSR count). The van der Waals surface area contributed by atoms with Gasteiger partial charge in [-0.1, -0.05) is 44.5 Å². The number of hydrogen-bond donors (Lipinski definition) is 3. The number of amidine groups is 1. The van der Waals surface area contributed by atoms with Crippen molar-refractivity contribution in [2.75, 3.05) is 16.7 Å². The van der Waals surface area contributed by atoms with Crippen molar-refractivity contribution in [1.29, 1.82) is 0 Å². The van der Waals surface area contributed by atoms with E-state index in [1.807, 2.05) is 6.07 Å². The molecule has 2 aromatic rings. The zero-order chi connectivity index (χ0) is 20.7. The van der Waals surface area contributed by atoms with Gasteiger partial charge in [0, 0.05) is 11.6 Å². The van der Waals surface area contributed by atoms with Gasteiger partial charge in [-0.3, -0.25) is 9.71 Å². The van der Waals surface area contributed by atoms with Gasteiger partial charge in [0.2, 0.25) is 16.0 Å². The second kappa shape index (κ2) is 7.21. The van der Waals surface area contributed by atoms with E-state index in [2.05, 4.69) is 40.8 Å². The molecule has 8 nitrogen and oxygen atoms in total. The van der Waals surface area contributed by atoms with Crippen LogP contribution in [0, 0.1) is 5.41 Å². The standard InChI is InChI=1S/C18H23ClN6O2S/c1-18(2,3)16-23-14(15(24-16)12-8-9-21-17(20)22-12)10-6-5-7-11(13(10)19)25-28(4,26)27/h5-9,14-15,25H,1-4H3,(H,23,24)(H2,20,21,22). The monoisotopic (exact) mass is 422 g/mol. The second-order valence-corrected chi connectivity index (χ2v) is 9.84. The largest absolute Gasteiger partial charge is 0.368 e. The van der Waals surface area contributed by atoms with Crippen LogP contribution in [0.1, 0.15) is 44.1 Å². The number of nitrogens with one attached hydrogen (secondary N) is 2. The highest BCUT2D eigenvalue weighted by Crippen LogP contribution is 2.42. The van der Waals surface area contributed by atoms with Gasteiger partial charge in [0.05, 0.1) is 28.7 Å². The molecule has 1 aliphatic heterocycles. The van der Waals surface area contributed by atoms with E-state index in [0.717, 1.165) is 12.1 Å². The van der Waals surface area contributed by atoms with Gasteiger partial charge >= 0.3 is 0 Å². The van der Waals surface area contributed by atoms with Crippen molar-refractivity contribution < 1.29 is 8.42 Å². The first kappa shape index (κ1) is 20.3. The average Bonchev–Trinajstić information content (AvgIpc) is 3.01. The van der Waals surface area contributed by atoms with E-state index >= 15 is 0 Å². The van der Waals surface area contributed by atoms with Gasteiger partial charge in [-0.2, -0.15) is 0 Å². The molecule has 1 aromatic carbocycles. The summed E-state index contributed by atoms with van der Waals surface area (Å²) in [6.07, 6.45) is 2.67. The summed E-state index contributed by atoms with van der Waals surface area (Å²) < 4.78 is 25.7. The maximum absolute atomic E-state index is 11.7. The van der Waals surface area contributed by atoms with Gasteiger partial charge in [0.1, 0.15) is 11.9 Å². The Labute approximate surface area is 169 Å². The van der Waals surface area contributed by atoms with Crippen molar-refractivity contribution in [3.8, 4) is 0 Å². The Bertz CT molecular complexity index is 1030. The summed E-state index contributed by atoms with van der Waals surface area (Å²) >= 11 is 6.56. The molecule has 0 spiro atoms. The molecule has 10 heteroatoms. The summed E-state index contributed by atoms with van der Waals surface area (Å²) in [5, 5.41) is 3.72. The minimum atomic E-state index is -3.47. The number of halogens is 1. The maximum Gasteiger partial charge on any atom is 0.229 e. The molecule has 150 valence electrons. The number of nitrogens with two attached hydrogens (primary N) is 1. The van der Waals surface area contributed by atoms with E-state index in [1.165, 1.54) is 0 Å². The SMILES string of the molecule is CC(C)(C)C1=NC(c2cccc(NS(C)(=O)=O)c2Cl)C(c2ccnc(N)n2)N1. The van der Waals surface area contributed by atoms with Crippen LogP contribution in [-0.2, 0) is 10.0 Å². The Morgan fingerprint density at radius 2 is 1.96 bits per heavy atom. The molecule has 2 unspecified atom stereocenters. The van der Waals surface area contributed by atoms with Crippen molar-refractivity contribution >= 4 is 39.1 Å². The molecule has 0 saturated carbocycles. The zero-order valence-corrected chi connectivity index (χ0v) is 17.6. The van der Waals surface area contributed by atoms with Gasteiger partial charge in [0.25, 0.3) is 0 Å². The van der Waals surface area contributed by atoms with Crippen LogP contribution >= 0.6 is 11.6 Å². The van der Waals surface area contributed by atoms with Crippen molar-refractivity contribution in [2.45, 2.75) is 32.9 Å². The van der Waals surface area contributed by atoms with Crippen LogP contribution in [0.15, 0.2) is 35.5 Å². The number of hydrogen-bond acceptors (Lipinski definition) is 7. The van der Waals surface area contributed by atoms with Crippen LogP contribution in [-0.4, -0.2) is 30.5 Å². The number of sulfonamides is 1. The molecule has 4 N–H and O–H groups in total. The smallest absolute Gasteiger partial charge is 0.229 e. The summed E-state index contributed by atoms with van der Waals surface area (Å²) in [5.41, 5.74) is 7.21. The van der Waals surface area contributed by atoms with Crippen LogP contribution in [0.2, 0.25) is 5.02 Å². The minimum absolute atomic E-state index is 0.167. The second-order valence-electron chi connectivity index (χ2n) is 7.72. The van der Waals surface area contributed by atoms with Crippen LogP contribution in [0.3, 0.4) is 0 Å². The number of aliphatic imine (C=N–C) groups is 1. The molecule has 0 amide bonds. The Morgan fingerprint density at radius 1 is 1.25 bits per heavy atom. The van der Waals surface area contributed by atoms with Crippen molar-refractivity contribution in [2.24, 2.45) is 10.4 Å². The van der Waals surface area contributed by atoms with Gasteiger partial charge in [-0.15, -0.1) is 0 Å². The molecule has 1 aromatic heterocycles. The third kappa shape index (κ3) is 4.36. The van der Waals surface area contributed by atoms with E-state index < -0.39 is 16.1 Å². The fourth-order valence-corrected chi connectivity index (χ4v) is 3.90. The summed E-state index contributed by atoms with van der Waals surface area (Å²) in [5.74, 6) is 0.970. The lowest BCUT2D eigenvalue weighted by Crippen LogP contribution is -2.34. The predicted molar refractivity (Wildman–Crippen MR) is 112 cm³/mol. The third-order valence-electron chi connectivity index (χ3n) is 4.24. The summed E-state index contributed by atoms with van der Waals surface area (Å²) in [4.78, 5) is 13.1. The quantitative estimate of drug-likeness (QED) is 0.696. The van der Waals surface area contributed by atoms with Crippen molar-refractivity contribution in [1.82, 2.24) is 15.3 Å². The van der Waals surface area contributed by atoms with Gasteiger partial charge < -0.3 is 11.1 Å². The van der Waals surface area contributed by atoms with E-state index in [9.17, 15) is 8.42 Å². The Hall–Kier alpha value is -2.39. The van der Waals surface area contributed by atoms with Crippen LogP contribution in [0.5, 0.6) is 0 Å². The lowest BCUT2D eigenvalue weighted by molar-refractivity contribution is 0.534. The normalized spacial score (nSPS) is 19.8. The molecule has 0 radical (unpaired) electrons. The van der Waals surface area contributed by atoms with E-state index in [1.54, 1.807) is 24.4 Å². The number of nitrogen functional groups attached to an aromatic ring is 1. The molecular weight excluding hydrogens is 400 g/mol. The van der Waals surface area contributed by atoms with Gasteiger partial charge in [-0.05, 0) is 17.7 Å². The lowest BCUT2D eigenvalue weighted by Gasteiger charge is -2.22. The van der Waals surface area contributed by atoms with Crippen LogP contribution in [0.25, 0.3) is 0 Å². The first-order chi connectivity index (χ1) is 13.0. The number of anilines is 2. The predicted octanol–water partition coefficient (Wildman–Crippen LogP) is 2.91. The third-order valence-corrected chi connectivity index (χ3v) is 5.26. The molecule has 28 heavy (non-hydrogen) atoms. The Morgan fingerprint density at radius 3 is 2.57 bits per heavy atom.